The second-order valence-corrected chi connectivity index (χ2v) is 6.32. The maximum Gasteiger partial charge on any atom is 0.173 e. The van der Waals surface area contributed by atoms with Crippen LogP contribution >= 0.6 is 35.4 Å². The summed E-state index contributed by atoms with van der Waals surface area (Å²) < 4.78 is 0. The third-order valence-corrected chi connectivity index (χ3v) is 4.46. The molecule has 104 valence electrons. The van der Waals surface area contributed by atoms with Crippen molar-refractivity contribution in [2.75, 3.05) is 5.32 Å². The van der Waals surface area contributed by atoms with Crippen molar-refractivity contribution in [1.82, 2.24) is 4.90 Å². The monoisotopic (exact) mass is 316 g/mol. The molecule has 0 amide bonds. The lowest BCUT2D eigenvalue weighted by atomic mass is 9.98. The summed E-state index contributed by atoms with van der Waals surface area (Å²) in [6, 6.07) is 6.32. The predicted molar refractivity (Wildman–Crippen MR) is 87.3 cm³/mol. The summed E-state index contributed by atoms with van der Waals surface area (Å²) in [6.07, 6.45) is 3.63. The number of nitrogens with zero attached hydrogens (tertiary/aromatic N) is 1. The van der Waals surface area contributed by atoms with Crippen LogP contribution in [-0.2, 0) is 0 Å². The highest BCUT2D eigenvalue weighted by Crippen LogP contribution is 2.28. The first kappa shape index (κ1) is 14.9. The van der Waals surface area contributed by atoms with Crippen molar-refractivity contribution in [1.29, 1.82) is 0 Å². The summed E-state index contributed by atoms with van der Waals surface area (Å²) in [5, 5.41) is 5.19. The van der Waals surface area contributed by atoms with Gasteiger partial charge < -0.3 is 10.2 Å². The van der Waals surface area contributed by atoms with E-state index in [1.54, 1.807) is 12.1 Å². The molecule has 1 N–H and O–H groups in total. The highest BCUT2D eigenvalue weighted by Gasteiger charge is 2.26. The Labute approximate surface area is 130 Å². The maximum absolute atomic E-state index is 6.16. The zero-order valence-electron chi connectivity index (χ0n) is 11.1. The van der Waals surface area contributed by atoms with Crippen LogP contribution in [0.5, 0.6) is 0 Å². The number of thiocarbonyl (C=S) groups is 1. The normalized spacial score (nSPS) is 23.3. The Bertz CT molecular complexity index is 469. The van der Waals surface area contributed by atoms with Gasteiger partial charge >= 0.3 is 0 Å². The molecule has 1 saturated heterocycles. The zero-order valence-corrected chi connectivity index (χ0v) is 13.4. The maximum atomic E-state index is 6.16. The molecular weight excluding hydrogens is 299 g/mol. The highest BCUT2D eigenvalue weighted by atomic mass is 35.5. The zero-order chi connectivity index (χ0) is 14.0. The molecule has 0 radical (unpaired) electrons. The SMILES string of the molecule is C[C@H]1CCC[C@H](C)N1C(=S)Nc1ccc(Cl)cc1Cl. The molecular formula is C14H18Cl2N2S. The molecule has 2 nitrogen and oxygen atoms in total. The van der Waals surface area contributed by atoms with Gasteiger partial charge in [-0.25, -0.2) is 0 Å². The molecule has 0 unspecified atom stereocenters. The fourth-order valence-corrected chi connectivity index (χ4v) is 3.52. The first-order valence-electron chi connectivity index (χ1n) is 6.53. The minimum absolute atomic E-state index is 0.467. The molecule has 2 atom stereocenters. The van der Waals surface area contributed by atoms with E-state index in [1.807, 2.05) is 6.07 Å². The van der Waals surface area contributed by atoms with Crippen molar-refractivity contribution in [2.45, 2.75) is 45.2 Å². The van der Waals surface area contributed by atoms with E-state index in [2.05, 4.69) is 24.1 Å². The second-order valence-electron chi connectivity index (χ2n) is 5.09. The Balaban J connectivity index is 2.11. The topological polar surface area (TPSA) is 15.3 Å². The average Bonchev–Trinajstić information content (AvgIpc) is 2.32. The largest absolute Gasteiger partial charge is 0.344 e. The molecule has 5 heteroatoms. The van der Waals surface area contributed by atoms with Crippen LogP contribution in [0.25, 0.3) is 0 Å². The average molecular weight is 317 g/mol. The van der Waals surface area contributed by atoms with E-state index in [0.717, 1.165) is 10.8 Å². The molecule has 0 bridgehead atoms. The van der Waals surface area contributed by atoms with Gasteiger partial charge in [0.1, 0.15) is 0 Å². The van der Waals surface area contributed by atoms with Gasteiger partial charge in [0, 0.05) is 17.1 Å². The van der Waals surface area contributed by atoms with Crippen molar-refractivity contribution in [2.24, 2.45) is 0 Å². The first-order chi connectivity index (χ1) is 8.99. The number of hydrogen-bond acceptors (Lipinski definition) is 1. The highest BCUT2D eigenvalue weighted by molar-refractivity contribution is 7.80. The summed E-state index contributed by atoms with van der Waals surface area (Å²) in [7, 11) is 0. The number of likely N-dealkylation sites (tertiary alicyclic amines) is 1. The molecule has 19 heavy (non-hydrogen) atoms. The van der Waals surface area contributed by atoms with Gasteiger partial charge in [-0.2, -0.15) is 0 Å². The molecule has 0 saturated carbocycles. The fraction of sp³-hybridized carbons (Fsp3) is 0.500. The van der Waals surface area contributed by atoms with Gasteiger partial charge in [-0.05, 0) is 63.5 Å². The van der Waals surface area contributed by atoms with Gasteiger partial charge in [0.25, 0.3) is 0 Å². The molecule has 1 aromatic carbocycles. The van der Waals surface area contributed by atoms with Crippen LogP contribution in [0.3, 0.4) is 0 Å². The Morgan fingerprint density at radius 3 is 2.47 bits per heavy atom. The number of nitrogens with one attached hydrogen (secondary N) is 1. The smallest absolute Gasteiger partial charge is 0.173 e. The van der Waals surface area contributed by atoms with Crippen molar-refractivity contribution >= 4 is 46.2 Å². The van der Waals surface area contributed by atoms with E-state index >= 15 is 0 Å². The lowest BCUT2D eigenvalue weighted by Crippen LogP contribution is -2.49. The molecule has 1 aliphatic rings. The van der Waals surface area contributed by atoms with E-state index in [1.165, 1.54) is 19.3 Å². The molecule has 0 aliphatic carbocycles. The number of anilines is 1. The summed E-state index contributed by atoms with van der Waals surface area (Å²) >= 11 is 17.6. The molecule has 1 aromatic rings. The van der Waals surface area contributed by atoms with Crippen LogP contribution in [0.1, 0.15) is 33.1 Å². The summed E-state index contributed by atoms with van der Waals surface area (Å²) in [5.74, 6) is 0. The molecule has 2 rings (SSSR count). The number of benzene rings is 1. The number of hydrogen-bond donors (Lipinski definition) is 1. The molecule has 0 spiro atoms. The Morgan fingerprint density at radius 1 is 1.26 bits per heavy atom. The van der Waals surface area contributed by atoms with Crippen molar-refractivity contribution < 1.29 is 0 Å². The Hall–Kier alpha value is -0.510. The van der Waals surface area contributed by atoms with Crippen LogP contribution in [0, 0.1) is 0 Å². The minimum Gasteiger partial charge on any atom is -0.344 e. The molecule has 1 aliphatic heterocycles. The number of halogens is 2. The first-order valence-corrected chi connectivity index (χ1v) is 7.70. The van der Waals surface area contributed by atoms with E-state index in [4.69, 9.17) is 35.4 Å². The van der Waals surface area contributed by atoms with Crippen LogP contribution in [0.15, 0.2) is 18.2 Å². The lowest BCUT2D eigenvalue weighted by Gasteiger charge is -2.41. The van der Waals surface area contributed by atoms with E-state index in [9.17, 15) is 0 Å². The second kappa shape index (κ2) is 6.29. The summed E-state index contributed by atoms with van der Waals surface area (Å²) in [4.78, 5) is 2.27. The molecule has 0 aromatic heterocycles. The molecule has 1 fully saturated rings. The van der Waals surface area contributed by atoms with Crippen molar-refractivity contribution in [3.8, 4) is 0 Å². The van der Waals surface area contributed by atoms with Crippen LogP contribution in [-0.4, -0.2) is 22.1 Å². The van der Waals surface area contributed by atoms with Crippen LogP contribution in [0.2, 0.25) is 10.0 Å². The Kier molecular flexibility index (Phi) is 4.93. The van der Waals surface area contributed by atoms with E-state index in [-0.39, 0.29) is 0 Å². The molecule has 1 heterocycles. The van der Waals surface area contributed by atoms with E-state index in [0.29, 0.717) is 22.1 Å². The number of piperidine rings is 1. The van der Waals surface area contributed by atoms with Crippen molar-refractivity contribution in [3.63, 3.8) is 0 Å². The Morgan fingerprint density at radius 2 is 1.89 bits per heavy atom. The van der Waals surface area contributed by atoms with Gasteiger partial charge in [0.15, 0.2) is 5.11 Å². The predicted octanol–water partition coefficient (Wildman–Crippen LogP) is 4.95. The van der Waals surface area contributed by atoms with Crippen LogP contribution < -0.4 is 5.32 Å². The fourth-order valence-electron chi connectivity index (χ4n) is 2.59. The minimum atomic E-state index is 0.467. The van der Waals surface area contributed by atoms with Gasteiger partial charge in [-0.15, -0.1) is 0 Å². The quantitative estimate of drug-likeness (QED) is 0.738. The third-order valence-electron chi connectivity index (χ3n) is 3.60. The summed E-state index contributed by atoms with van der Waals surface area (Å²) in [6.45, 7) is 4.43. The van der Waals surface area contributed by atoms with Gasteiger partial charge in [0.05, 0.1) is 10.7 Å². The van der Waals surface area contributed by atoms with Gasteiger partial charge in [-0.1, -0.05) is 23.2 Å². The lowest BCUT2D eigenvalue weighted by molar-refractivity contribution is 0.194. The standard InChI is InChI=1S/C14H18Cl2N2S/c1-9-4-3-5-10(2)18(9)14(19)17-13-7-6-11(15)8-12(13)16/h6-10H,3-5H2,1-2H3,(H,17,19)/t9-,10-/m0/s1. The van der Waals surface area contributed by atoms with Gasteiger partial charge in [0.2, 0.25) is 0 Å². The van der Waals surface area contributed by atoms with E-state index < -0.39 is 0 Å². The summed E-state index contributed by atoms with van der Waals surface area (Å²) in [5.41, 5.74) is 0.807. The van der Waals surface area contributed by atoms with Crippen LogP contribution in [0.4, 0.5) is 5.69 Å². The third kappa shape index (κ3) is 3.53. The van der Waals surface area contributed by atoms with Crippen molar-refractivity contribution in [3.05, 3.63) is 28.2 Å². The number of rotatable bonds is 1. The van der Waals surface area contributed by atoms with Gasteiger partial charge in [-0.3, -0.25) is 0 Å².